The van der Waals surface area contributed by atoms with Crippen LogP contribution in [0.3, 0.4) is 0 Å². The van der Waals surface area contributed by atoms with Crippen LogP contribution >= 0.6 is 0 Å². The van der Waals surface area contributed by atoms with E-state index in [0.717, 1.165) is 5.12 Å². The highest BCUT2D eigenvalue weighted by Gasteiger charge is 2.09. The van der Waals surface area contributed by atoms with Gasteiger partial charge in [-0.05, 0) is 0 Å². The van der Waals surface area contributed by atoms with E-state index in [4.69, 9.17) is 5.73 Å². The molecule has 5 nitrogen and oxygen atoms in total. The Balaban J connectivity index is 2.53. The molecular weight excluding hydrogens is 108 g/mol. The zero-order chi connectivity index (χ0) is 5.98. The Kier molecular flexibility index (Phi) is 1.11. The van der Waals surface area contributed by atoms with Crippen molar-refractivity contribution in [1.82, 2.24) is 5.12 Å². The smallest absolute Gasteiger partial charge is 0.123 e. The van der Waals surface area contributed by atoms with Crippen molar-refractivity contribution in [3.05, 3.63) is 4.91 Å². The number of hydrogen-bond acceptors (Lipinski definition) is 4. The van der Waals surface area contributed by atoms with Crippen molar-refractivity contribution >= 4 is 5.84 Å². The molecule has 0 fully saturated rings. The largest absolute Gasteiger partial charge is 0.386 e. The first-order valence-corrected chi connectivity index (χ1v) is 2.26. The van der Waals surface area contributed by atoms with Crippen LogP contribution in [0.4, 0.5) is 0 Å². The third-order valence-corrected chi connectivity index (χ3v) is 0.906. The summed E-state index contributed by atoms with van der Waals surface area (Å²) >= 11 is 0. The van der Waals surface area contributed by atoms with E-state index in [1.54, 1.807) is 0 Å². The number of nitroso groups, excluding NO2 is 1. The highest BCUT2D eigenvalue weighted by atomic mass is 16.3. The molecule has 2 N–H and O–H groups in total. The van der Waals surface area contributed by atoms with Crippen LogP contribution in [0.2, 0.25) is 0 Å². The zero-order valence-electron chi connectivity index (χ0n) is 4.24. The van der Waals surface area contributed by atoms with Crippen molar-refractivity contribution in [3.63, 3.8) is 0 Å². The second-order valence-electron chi connectivity index (χ2n) is 1.52. The monoisotopic (exact) mass is 114 g/mol. The molecule has 0 aromatic heterocycles. The standard InChI is InChI=1S/C3H6N4O/c4-3-1-2-7(5-3)6-8/h1-2H2,(H2,4,5). The Morgan fingerprint density at radius 1 is 1.88 bits per heavy atom. The van der Waals surface area contributed by atoms with Gasteiger partial charge in [-0.2, -0.15) is 0 Å². The van der Waals surface area contributed by atoms with Gasteiger partial charge in [0, 0.05) is 6.42 Å². The lowest BCUT2D eigenvalue weighted by molar-refractivity contribution is 0.332. The summed E-state index contributed by atoms with van der Waals surface area (Å²) < 4.78 is 0. The first kappa shape index (κ1) is 5.02. The van der Waals surface area contributed by atoms with Gasteiger partial charge in [0.25, 0.3) is 0 Å². The third-order valence-electron chi connectivity index (χ3n) is 0.906. The molecule has 8 heavy (non-hydrogen) atoms. The molecule has 0 amide bonds. The fraction of sp³-hybridized carbons (Fsp3) is 0.667. The van der Waals surface area contributed by atoms with Crippen molar-refractivity contribution in [1.29, 1.82) is 0 Å². The van der Waals surface area contributed by atoms with Gasteiger partial charge in [-0.25, -0.2) is 0 Å². The highest BCUT2D eigenvalue weighted by Crippen LogP contribution is 2.00. The van der Waals surface area contributed by atoms with Crippen molar-refractivity contribution in [2.24, 2.45) is 16.1 Å². The lowest BCUT2D eigenvalue weighted by Gasteiger charge is -1.94. The van der Waals surface area contributed by atoms with E-state index in [1.165, 1.54) is 0 Å². The Bertz CT molecular complexity index is 131. The van der Waals surface area contributed by atoms with Crippen molar-refractivity contribution in [2.75, 3.05) is 6.54 Å². The van der Waals surface area contributed by atoms with Gasteiger partial charge in [0.2, 0.25) is 0 Å². The van der Waals surface area contributed by atoms with Crippen LogP contribution in [0.15, 0.2) is 10.4 Å². The molecule has 44 valence electrons. The maximum Gasteiger partial charge on any atom is 0.123 e. The maximum absolute atomic E-state index is 9.67. The minimum Gasteiger partial charge on any atom is -0.386 e. The summed E-state index contributed by atoms with van der Waals surface area (Å²) in [5.74, 6) is 0.476. The molecule has 0 bridgehead atoms. The molecule has 0 spiro atoms. The van der Waals surface area contributed by atoms with Crippen molar-refractivity contribution in [3.8, 4) is 0 Å². The van der Waals surface area contributed by atoms with Crippen LogP contribution in [0.25, 0.3) is 0 Å². The molecule has 0 aromatic rings. The zero-order valence-corrected chi connectivity index (χ0v) is 4.24. The molecule has 5 heteroatoms. The van der Waals surface area contributed by atoms with Crippen LogP contribution in [0.1, 0.15) is 6.42 Å². The minimum absolute atomic E-state index is 0.476. The molecule has 0 aromatic carbocycles. The summed E-state index contributed by atoms with van der Waals surface area (Å²) in [5, 5.41) is 7.15. The van der Waals surface area contributed by atoms with Crippen LogP contribution in [-0.2, 0) is 0 Å². The van der Waals surface area contributed by atoms with Crippen LogP contribution < -0.4 is 5.73 Å². The average molecular weight is 114 g/mol. The summed E-state index contributed by atoms with van der Waals surface area (Å²) in [6.07, 6.45) is 0.645. The second-order valence-corrected chi connectivity index (χ2v) is 1.52. The van der Waals surface area contributed by atoms with Crippen molar-refractivity contribution < 1.29 is 0 Å². The quantitative estimate of drug-likeness (QED) is 0.473. The Morgan fingerprint density at radius 2 is 2.62 bits per heavy atom. The highest BCUT2D eigenvalue weighted by molar-refractivity contribution is 5.81. The summed E-state index contributed by atoms with van der Waals surface area (Å²) in [6.45, 7) is 0.523. The molecule has 1 heterocycles. The maximum atomic E-state index is 9.67. The fourth-order valence-corrected chi connectivity index (χ4v) is 0.522. The molecular formula is C3H6N4O. The number of nitrogens with two attached hydrogens (primary N) is 1. The van der Waals surface area contributed by atoms with Crippen LogP contribution in [0, 0.1) is 4.91 Å². The van der Waals surface area contributed by atoms with E-state index in [-0.39, 0.29) is 0 Å². The summed E-state index contributed by atoms with van der Waals surface area (Å²) in [7, 11) is 0. The Morgan fingerprint density at radius 3 is 2.88 bits per heavy atom. The lowest BCUT2D eigenvalue weighted by Crippen LogP contribution is -2.06. The van der Waals surface area contributed by atoms with E-state index in [1.807, 2.05) is 0 Å². The first-order chi connectivity index (χ1) is 3.83. The number of rotatable bonds is 1. The van der Waals surface area contributed by atoms with Gasteiger partial charge in [0.05, 0.1) is 11.8 Å². The molecule has 0 saturated carbocycles. The number of hydrazone groups is 1. The predicted octanol–water partition coefficient (Wildman–Crippen LogP) is -0.354. The van der Waals surface area contributed by atoms with Gasteiger partial charge in [0.15, 0.2) is 0 Å². The molecule has 0 unspecified atom stereocenters. The van der Waals surface area contributed by atoms with Gasteiger partial charge in [-0.3, -0.25) is 0 Å². The van der Waals surface area contributed by atoms with Crippen LogP contribution in [-0.4, -0.2) is 17.5 Å². The molecule has 1 aliphatic heterocycles. The van der Waals surface area contributed by atoms with E-state index < -0.39 is 0 Å². The van der Waals surface area contributed by atoms with Gasteiger partial charge in [0.1, 0.15) is 5.84 Å². The van der Waals surface area contributed by atoms with E-state index in [0.29, 0.717) is 18.8 Å². The molecule has 0 saturated heterocycles. The number of amidine groups is 1. The summed E-state index contributed by atoms with van der Waals surface area (Å²) in [5.41, 5.74) is 5.21. The van der Waals surface area contributed by atoms with Gasteiger partial charge < -0.3 is 5.73 Å². The number of hydrogen-bond donors (Lipinski definition) is 1. The van der Waals surface area contributed by atoms with Gasteiger partial charge in [-0.15, -0.1) is 15.1 Å². The van der Waals surface area contributed by atoms with Gasteiger partial charge >= 0.3 is 0 Å². The van der Waals surface area contributed by atoms with E-state index in [9.17, 15) is 4.91 Å². The average Bonchev–Trinajstić information content (AvgIpc) is 2.14. The molecule has 1 rings (SSSR count). The molecule has 0 aliphatic carbocycles. The second kappa shape index (κ2) is 1.77. The SMILES string of the molecule is NC1=NN(N=O)CC1. The minimum atomic E-state index is 0.476. The lowest BCUT2D eigenvalue weighted by atomic mass is 10.4. The first-order valence-electron chi connectivity index (χ1n) is 2.26. The summed E-state index contributed by atoms with van der Waals surface area (Å²) in [6, 6.07) is 0. The third kappa shape index (κ3) is 0.749. The summed E-state index contributed by atoms with van der Waals surface area (Å²) in [4.78, 5) is 9.67. The van der Waals surface area contributed by atoms with E-state index in [2.05, 4.69) is 10.4 Å². The topological polar surface area (TPSA) is 71.0 Å². The number of nitrogens with zero attached hydrogens (tertiary/aromatic N) is 3. The van der Waals surface area contributed by atoms with E-state index >= 15 is 0 Å². The Hall–Kier alpha value is -1.13. The fourth-order valence-electron chi connectivity index (χ4n) is 0.522. The molecule has 1 aliphatic rings. The van der Waals surface area contributed by atoms with Crippen LogP contribution in [0.5, 0.6) is 0 Å². The molecule has 0 atom stereocenters. The normalized spacial score (nSPS) is 18.5. The van der Waals surface area contributed by atoms with Gasteiger partial charge in [-0.1, -0.05) is 0 Å². The molecule has 0 radical (unpaired) electrons. The Labute approximate surface area is 46.1 Å². The predicted molar refractivity (Wildman–Crippen MR) is 28.7 cm³/mol. The van der Waals surface area contributed by atoms with Crippen molar-refractivity contribution in [2.45, 2.75) is 6.42 Å².